The van der Waals surface area contributed by atoms with Crippen molar-refractivity contribution < 1.29 is 14.0 Å². The zero-order valence-corrected chi connectivity index (χ0v) is 15.2. The van der Waals surface area contributed by atoms with Crippen LogP contribution in [0.4, 0.5) is 4.79 Å². The Morgan fingerprint density at radius 3 is 2.81 bits per heavy atom. The molecule has 140 valence electrons. The Morgan fingerprint density at radius 1 is 1.26 bits per heavy atom. The highest BCUT2D eigenvalue weighted by Crippen LogP contribution is 2.20. The summed E-state index contributed by atoms with van der Waals surface area (Å²) in [6.07, 6.45) is 1.50. The fraction of sp³-hybridized carbons (Fsp3) is 0.300. The first-order chi connectivity index (χ1) is 13.1. The van der Waals surface area contributed by atoms with E-state index < -0.39 is 0 Å². The van der Waals surface area contributed by atoms with E-state index in [-0.39, 0.29) is 11.9 Å². The van der Waals surface area contributed by atoms with Gasteiger partial charge < -0.3 is 24.1 Å². The average molecular weight is 366 g/mol. The number of carbonyl (C=O) groups is 2. The third-order valence-electron chi connectivity index (χ3n) is 5.01. The van der Waals surface area contributed by atoms with Gasteiger partial charge in [0.25, 0.3) is 5.91 Å². The Labute approximate surface area is 157 Å². The van der Waals surface area contributed by atoms with Gasteiger partial charge in [-0.05, 0) is 29.7 Å². The quantitative estimate of drug-likeness (QED) is 0.728. The fourth-order valence-electron chi connectivity index (χ4n) is 3.47. The third-order valence-corrected chi connectivity index (χ3v) is 5.01. The Morgan fingerprint density at radius 2 is 2.11 bits per heavy atom. The Hall–Kier alpha value is -3.22. The van der Waals surface area contributed by atoms with Gasteiger partial charge in [0, 0.05) is 44.4 Å². The molecule has 0 aliphatic carbocycles. The van der Waals surface area contributed by atoms with E-state index in [9.17, 15) is 9.59 Å². The van der Waals surface area contributed by atoms with Crippen molar-refractivity contribution in [3.63, 3.8) is 0 Å². The molecule has 1 aliphatic rings. The summed E-state index contributed by atoms with van der Waals surface area (Å²) in [6.45, 7) is 2.68. The number of aromatic nitrogens is 1. The number of aryl methyl sites for hydroxylation is 1. The number of fused-ring (bicyclic) bond motifs is 1. The number of hydrogen-bond acceptors (Lipinski definition) is 3. The first-order valence-electron chi connectivity index (χ1n) is 9.02. The summed E-state index contributed by atoms with van der Waals surface area (Å²) in [5, 5.41) is 3.93. The molecule has 0 bridgehead atoms. The number of urea groups is 1. The van der Waals surface area contributed by atoms with Gasteiger partial charge in [0.1, 0.15) is 0 Å². The Kier molecular flexibility index (Phi) is 4.58. The smallest absolute Gasteiger partial charge is 0.317 e. The lowest BCUT2D eigenvalue weighted by molar-refractivity contribution is 0.0695. The van der Waals surface area contributed by atoms with E-state index in [0.717, 1.165) is 16.6 Å². The minimum absolute atomic E-state index is 0.0787. The molecule has 0 unspecified atom stereocenters. The summed E-state index contributed by atoms with van der Waals surface area (Å²) in [5.74, 6) is 0.129. The first-order valence-corrected chi connectivity index (χ1v) is 9.02. The summed E-state index contributed by atoms with van der Waals surface area (Å²) >= 11 is 0. The molecule has 4 rings (SSSR count). The van der Waals surface area contributed by atoms with Crippen LogP contribution in [0.2, 0.25) is 0 Å². The van der Waals surface area contributed by atoms with Crippen molar-refractivity contribution in [1.82, 2.24) is 19.7 Å². The highest BCUT2D eigenvalue weighted by molar-refractivity contribution is 5.91. The molecule has 3 aromatic rings. The first kappa shape index (κ1) is 17.2. The van der Waals surface area contributed by atoms with E-state index in [4.69, 9.17) is 4.42 Å². The molecule has 7 heteroatoms. The lowest BCUT2D eigenvalue weighted by atomic mass is 10.2. The molecular formula is C20H22N4O3. The highest BCUT2D eigenvalue weighted by atomic mass is 16.3. The Balaban J connectivity index is 1.57. The highest BCUT2D eigenvalue weighted by Gasteiger charge is 2.24. The number of carbonyl (C=O) groups excluding carboxylic acids is 2. The van der Waals surface area contributed by atoms with Crippen LogP contribution >= 0.6 is 0 Å². The fourth-order valence-corrected chi connectivity index (χ4v) is 3.47. The minimum atomic E-state index is -0.176. The van der Waals surface area contributed by atoms with Gasteiger partial charge in [-0.25, -0.2) is 4.79 Å². The van der Waals surface area contributed by atoms with Crippen molar-refractivity contribution in [3.05, 3.63) is 60.2 Å². The molecule has 3 amide bonds. The summed E-state index contributed by atoms with van der Waals surface area (Å²) < 4.78 is 7.40. The number of nitrogens with one attached hydrogen (secondary N) is 1. The van der Waals surface area contributed by atoms with Crippen molar-refractivity contribution in [2.45, 2.75) is 6.54 Å². The maximum Gasteiger partial charge on any atom is 0.317 e. The van der Waals surface area contributed by atoms with Gasteiger partial charge in [0.05, 0.1) is 12.8 Å². The van der Waals surface area contributed by atoms with Crippen LogP contribution < -0.4 is 5.32 Å². The van der Waals surface area contributed by atoms with Crippen molar-refractivity contribution in [2.24, 2.45) is 7.05 Å². The molecule has 27 heavy (non-hydrogen) atoms. The molecule has 0 spiro atoms. The molecule has 1 saturated heterocycles. The summed E-state index contributed by atoms with van der Waals surface area (Å²) in [4.78, 5) is 28.2. The number of furan rings is 1. The predicted octanol–water partition coefficient (Wildman–Crippen LogP) is 2.44. The summed E-state index contributed by atoms with van der Waals surface area (Å²) in [5.41, 5.74) is 2.15. The molecule has 1 N–H and O–H groups in total. The van der Waals surface area contributed by atoms with Crippen LogP contribution in [-0.2, 0) is 13.6 Å². The van der Waals surface area contributed by atoms with Crippen LogP contribution in [0.5, 0.6) is 0 Å². The molecule has 1 fully saturated rings. The monoisotopic (exact) mass is 366 g/mol. The number of benzene rings is 1. The second-order valence-electron chi connectivity index (χ2n) is 6.68. The largest absolute Gasteiger partial charge is 0.459 e. The molecule has 0 atom stereocenters. The topological polar surface area (TPSA) is 70.7 Å². The van der Waals surface area contributed by atoms with Gasteiger partial charge in [0.2, 0.25) is 0 Å². The van der Waals surface area contributed by atoms with Crippen LogP contribution in [0, 0.1) is 0 Å². The van der Waals surface area contributed by atoms with Crippen molar-refractivity contribution in [2.75, 3.05) is 26.2 Å². The molecule has 2 aromatic heterocycles. The van der Waals surface area contributed by atoms with Crippen molar-refractivity contribution in [3.8, 4) is 0 Å². The number of para-hydroxylation sites is 1. The number of hydrogen-bond donors (Lipinski definition) is 1. The standard InChI is InChI=1S/C20H22N4O3/c1-22-16(13-15-5-2-3-6-17(15)22)14-24(19(25)18-7-4-12-27-18)11-10-23-9-8-21-20(23)26/h2-7,12-13H,8-11,14H2,1H3,(H,21,26). The average Bonchev–Trinajstić information content (AvgIpc) is 3.40. The molecule has 0 radical (unpaired) electrons. The van der Waals surface area contributed by atoms with Gasteiger partial charge in [-0.1, -0.05) is 18.2 Å². The number of nitrogens with zero attached hydrogens (tertiary/aromatic N) is 3. The van der Waals surface area contributed by atoms with E-state index in [1.165, 1.54) is 6.26 Å². The summed E-state index contributed by atoms with van der Waals surface area (Å²) in [7, 11) is 2.00. The minimum Gasteiger partial charge on any atom is -0.459 e. The zero-order valence-electron chi connectivity index (χ0n) is 15.2. The van der Waals surface area contributed by atoms with Gasteiger partial charge in [-0.3, -0.25) is 4.79 Å². The van der Waals surface area contributed by atoms with Gasteiger partial charge >= 0.3 is 6.03 Å². The van der Waals surface area contributed by atoms with Crippen LogP contribution in [0.15, 0.2) is 53.1 Å². The summed E-state index contributed by atoms with van der Waals surface area (Å²) in [6, 6.07) is 13.5. The van der Waals surface area contributed by atoms with E-state index in [0.29, 0.717) is 38.5 Å². The van der Waals surface area contributed by atoms with Crippen molar-refractivity contribution in [1.29, 1.82) is 0 Å². The maximum atomic E-state index is 12.9. The van der Waals surface area contributed by atoms with E-state index >= 15 is 0 Å². The molecular weight excluding hydrogens is 344 g/mol. The predicted molar refractivity (Wildman–Crippen MR) is 101 cm³/mol. The second kappa shape index (κ2) is 7.19. The van der Waals surface area contributed by atoms with Gasteiger partial charge in [0.15, 0.2) is 5.76 Å². The SMILES string of the molecule is Cn1c(CN(CCN2CCNC2=O)C(=O)c2ccco2)cc2ccccc21. The molecule has 3 heterocycles. The van der Waals surface area contributed by atoms with Crippen LogP contribution in [0.25, 0.3) is 10.9 Å². The molecule has 1 aliphatic heterocycles. The lowest BCUT2D eigenvalue weighted by Crippen LogP contribution is -2.39. The maximum absolute atomic E-state index is 12.9. The van der Waals surface area contributed by atoms with Gasteiger partial charge in [-0.2, -0.15) is 0 Å². The van der Waals surface area contributed by atoms with Crippen LogP contribution in [-0.4, -0.2) is 52.5 Å². The normalized spacial score (nSPS) is 14.0. The van der Waals surface area contributed by atoms with Crippen LogP contribution in [0.3, 0.4) is 0 Å². The molecule has 0 saturated carbocycles. The van der Waals surface area contributed by atoms with E-state index in [1.54, 1.807) is 21.9 Å². The van der Waals surface area contributed by atoms with Crippen LogP contribution in [0.1, 0.15) is 16.2 Å². The molecule has 7 nitrogen and oxygen atoms in total. The number of rotatable bonds is 6. The van der Waals surface area contributed by atoms with Gasteiger partial charge in [-0.15, -0.1) is 0 Å². The van der Waals surface area contributed by atoms with E-state index in [1.807, 2.05) is 19.2 Å². The number of amides is 3. The van der Waals surface area contributed by atoms with E-state index in [2.05, 4.69) is 28.1 Å². The zero-order chi connectivity index (χ0) is 18.8. The Bertz CT molecular complexity index is 961. The lowest BCUT2D eigenvalue weighted by Gasteiger charge is -2.24. The molecule has 1 aromatic carbocycles. The second-order valence-corrected chi connectivity index (χ2v) is 6.68. The third kappa shape index (κ3) is 3.40. The van der Waals surface area contributed by atoms with Crippen molar-refractivity contribution >= 4 is 22.8 Å².